The van der Waals surface area contributed by atoms with Gasteiger partial charge in [-0.05, 0) is 43.9 Å². The molecule has 2 bridgehead atoms. The summed E-state index contributed by atoms with van der Waals surface area (Å²) < 4.78 is 29.0. The number of carbonyl (C=O) groups is 2. The highest BCUT2D eigenvalue weighted by molar-refractivity contribution is 6.04. The average molecular weight is 512 g/mol. The molecular formula is C22H28F3N7O4. The minimum atomic E-state index is -3.67. The summed E-state index contributed by atoms with van der Waals surface area (Å²) in [5.74, 6) is 0.326. The number of amides is 3. The Bertz CT molecular complexity index is 1040. The summed E-state index contributed by atoms with van der Waals surface area (Å²) in [7, 11) is 0. The summed E-state index contributed by atoms with van der Waals surface area (Å²) in [6, 6.07) is 3.05. The van der Waals surface area contributed by atoms with Gasteiger partial charge in [0.2, 0.25) is 5.95 Å². The summed E-state index contributed by atoms with van der Waals surface area (Å²) in [6.45, 7) is -0.115. The first-order valence-electron chi connectivity index (χ1n) is 11.4. The number of alkyl halides is 3. The highest BCUT2D eigenvalue weighted by Gasteiger charge is 2.40. The van der Waals surface area contributed by atoms with Crippen LogP contribution in [0.2, 0.25) is 0 Å². The van der Waals surface area contributed by atoms with E-state index in [0.717, 1.165) is 24.2 Å². The summed E-state index contributed by atoms with van der Waals surface area (Å²) in [5.41, 5.74) is 1.87. The van der Waals surface area contributed by atoms with E-state index >= 15 is 0 Å². The van der Waals surface area contributed by atoms with Crippen LogP contribution in [0.4, 0.5) is 35.4 Å². The van der Waals surface area contributed by atoms with E-state index in [2.05, 4.69) is 30.5 Å². The van der Waals surface area contributed by atoms with Crippen molar-refractivity contribution in [2.75, 3.05) is 41.4 Å². The maximum Gasteiger partial charge on any atom is 0.379 e. The molecule has 36 heavy (non-hydrogen) atoms. The number of nitrogens with zero attached hydrogens (tertiary/aromatic N) is 5. The average Bonchev–Trinajstić information content (AvgIpc) is 3.27. The molecule has 196 valence electrons. The third kappa shape index (κ3) is 6.79. The number of pyridine rings is 1. The third-order valence-electron chi connectivity index (χ3n) is 5.64. The number of urea groups is 1. The maximum atomic E-state index is 13.2. The molecule has 11 nitrogen and oxygen atoms in total. The lowest BCUT2D eigenvalue weighted by Crippen LogP contribution is -2.48. The predicted molar refractivity (Wildman–Crippen MR) is 125 cm³/mol. The molecule has 2 aliphatic rings. The zero-order chi connectivity index (χ0) is 26.2. The van der Waals surface area contributed by atoms with Crippen LogP contribution >= 0.6 is 0 Å². The van der Waals surface area contributed by atoms with E-state index in [1.54, 1.807) is 23.4 Å². The Morgan fingerprint density at radius 1 is 1.22 bits per heavy atom. The highest BCUT2D eigenvalue weighted by atomic mass is 19.4. The van der Waals surface area contributed by atoms with Gasteiger partial charge in [0.25, 0.3) is 5.91 Å². The second-order valence-corrected chi connectivity index (χ2v) is 8.12. The number of aromatic nitrogens is 3. The standard InChI is InChI=1S/C21H27N7O4.CHF3/c1-2-22-19(31)16-5-6-17-18(25-16)28(14-7-8-27(17)11-14)21(32)26-20-23-9-13(10-24-20)3-4-15(30)12-29;2-1(3)4/h5-6,9-10,14-15,29-30H,2-4,7-8,11-12H2,1H3,(H,22,31)(H,23,24,26,32);1H. The number of fused-ring (bicyclic) bond motifs is 4. The van der Waals surface area contributed by atoms with Gasteiger partial charge in [0.15, 0.2) is 5.82 Å². The number of carbonyl (C=O) groups excluding carboxylic acids is 2. The summed E-state index contributed by atoms with van der Waals surface area (Å²) in [5, 5.41) is 23.8. The van der Waals surface area contributed by atoms with Crippen LogP contribution < -0.4 is 20.4 Å². The molecule has 2 aromatic heterocycles. The van der Waals surface area contributed by atoms with Gasteiger partial charge in [-0.25, -0.2) is 19.7 Å². The van der Waals surface area contributed by atoms with Crippen molar-refractivity contribution in [2.45, 2.75) is 45.0 Å². The normalized spacial score (nSPS) is 16.7. The fourth-order valence-corrected chi connectivity index (χ4v) is 3.98. The van der Waals surface area contributed by atoms with Crippen molar-refractivity contribution in [3.8, 4) is 0 Å². The third-order valence-corrected chi connectivity index (χ3v) is 5.64. The van der Waals surface area contributed by atoms with Crippen molar-refractivity contribution in [3.63, 3.8) is 0 Å². The van der Waals surface area contributed by atoms with Gasteiger partial charge in [-0.1, -0.05) is 0 Å². The van der Waals surface area contributed by atoms with Gasteiger partial charge in [-0.3, -0.25) is 15.0 Å². The molecule has 3 amide bonds. The van der Waals surface area contributed by atoms with Gasteiger partial charge in [-0.2, -0.15) is 13.2 Å². The first-order valence-corrected chi connectivity index (χ1v) is 11.4. The molecule has 0 radical (unpaired) electrons. The summed E-state index contributed by atoms with van der Waals surface area (Å²) in [4.78, 5) is 42.1. The molecule has 0 aromatic carbocycles. The number of hydrogen-bond acceptors (Lipinski definition) is 8. The Balaban J connectivity index is 0.000000840. The van der Waals surface area contributed by atoms with Crippen LogP contribution in [0.1, 0.15) is 35.8 Å². The first-order chi connectivity index (χ1) is 17.2. The number of hydrogen-bond donors (Lipinski definition) is 4. The lowest BCUT2D eigenvalue weighted by Gasteiger charge is -2.35. The van der Waals surface area contributed by atoms with Crippen LogP contribution in [0.5, 0.6) is 0 Å². The SMILES string of the molecule is CCNC(=O)c1ccc2c(n1)N(C(=O)Nc1ncc(CCC(O)CO)cn1)C1CCN2C1.FC(F)F. The van der Waals surface area contributed by atoms with Gasteiger partial charge in [0.1, 0.15) is 5.69 Å². The van der Waals surface area contributed by atoms with E-state index in [-0.39, 0.29) is 30.2 Å². The fourth-order valence-electron chi connectivity index (χ4n) is 3.98. The molecule has 4 N–H and O–H groups in total. The Labute approximate surface area is 205 Å². The fraction of sp³-hybridized carbons (Fsp3) is 0.500. The van der Waals surface area contributed by atoms with Crippen LogP contribution in [0.25, 0.3) is 0 Å². The molecule has 0 spiro atoms. The molecule has 2 atom stereocenters. The highest BCUT2D eigenvalue weighted by Crippen LogP contribution is 2.39. The van der Waals surface area contributed by atoms with E-state index < -0.39 is 18.8 Å². The quantitative estimate of drug-likeness (QED) is 0.440. The summed E-state index contributed by atoms with van der Waals surface area (Å²) >= 11 is 0. The van der Waals surface area contributed by atoms with Crippen molar-refractivity contribution >= 4 is 29.4 Å². The molecule has 1 fully saturated rings. The van der Waals surface area contributed by atoms with Crippen LogP contribution in [-0.2, 0) is 6.42 Å². The van der Waals surface area contributed by atoms with E-state index in [1.165, 1.54) is 0 Å². The van der Waals surface area contributed by atoms with E-state index in [0.29, 0.717) is 31.7 Å². The molecule has 2 aromatic rings. The molecule has 0 saturated carbocycles. The lowest BCUT2D eigenvalue weighted by atomic mass is 10.1. The monoisotopic (exact) mass is 511 g/mol. The van der Waals surface area contributed by atoms with Crippen molar-refractivity contribution in [1.29, 1.82) is 0 Å². The molecule has 4 rings (SSSR count). The van der Waals surface area contributed by atoms with Crippen molar-refractivity contribution in [3.05, 3.63) is 35.8 Å². The minimum Gasteiger partial charge on any atom is -0.394 e. The molecule has 0 aliphatic carbocycles. The van der Waals surface area contributed by atoms with Gasteiger partial charge < -0.3 is 20.4 Å². The number of aliphatic hydroxyl groups is 2. The maximum absolute atomic E-state index is 13.2. The van der Waals surface area contributed by atoms with Gasteiger partial charge in [-0.15, -0.1) is 0 Å². The summed E-state index contributed by atoms with van der Waals surface area (Å²) in [6.07, 6.45) is 4.09. The van der Waals surface area contributed by atoms with Crippen LogP contribution in [0.15, 0.2) is 24.5 Å². The number of nitrogens with one attached hydrogen (secondary N) is 2. The van der Waals surface area contributed by atoms with Crippen molar-refractivity contribution in [1.82, 2.24) is 20.3 Å². The predicted octanol–water partition coefficient (Wildman–Crippen LogP) is 1.72. The van der Waals surface area contributed by atoms with E-state index in [1.807, 2.05) is 13.0 Å². The number of aryl methyl sites for hydroxylation is 1. The van der Waals surface area contributed by atoms with Gasteiger partial charge >= 0.3 is 12.7 Å². The van der Waals surface area contributed by atoms with Crippen LogP contribution in [0.3, 0.4) is 0 Å². The molecule has 14 heteroatoms. The molecule has 2 aliphatic heterocycles. The Morgan fingerprint density at radius 3 is 2.56 bits per heavy atom. The lowest BCUT2D eigenvalue weighted by molar-refractivity contribution is 0.00818. The smallest absolute Gasteiger partial charge is 0.379 e. The largest absolute Gasteiger partial charge is 0.394 e. The Hall–Kier alpha value is -3.52. The number of halogens is 3. The number of rotatable bonds is 7. The van der Waals surface area contributed by atoms with Gasteiger partial charge in [0, 0.05) is 32.0 Å². The molecule has 1 saturated heterocycles. The van der Waals surface area contributed by atoms with E-state index in [4.69, 9.17) is 5.11 Å². The second-order valence-electron chi connectivity index (χ2n) is 8.12. The zero-order valence-corrected chi connectivity index (χ0v) is 19.6. The van der Waals surface area contributed by atoms with Crippen molar-refractivity contribution in [2.24, 2.45) is 0 Å². The number of aliphatic hydroxyl groups excluding tert-OH is 2. The molecule has 2 unspecified atom stereocenters. The van der Waals surface area contributed by atoms with Crippen molar-refractivity contribution < 1.29 is 33.0 Å². The molecular weight excluding hydrogens is 483 g/mol. The second kappa shape index (κ2) is 12.4. The topological polar surface area (TPSA) is 144 Å². The first kappa shape index (κ1) is 27.1. The molecule has 4 heterocycles. The van der Waals surface area contributed by atoms with Gasteiger partial charge in [0.05, 0.1) is 24.4 Å². The van der Waals surface area contributed by atoms with E-state index in [9.17, 15) is 27.9 Å². The minimum absolute atomic E-state index is 0.0567. The number of anilines is 3. The Morgan fingerprint density at radius 2 is 1.92 bits per heavy atom. The zero-order valence-electron chi connectivity index (χ0n) is 19.6. The van der Waals surface area contributed by atoms with Crippen LogP contribution in [0, 0.1) is 0 Å². The van der Waals surface area contributed by atoms with Crippen LogP contribution in [-0.4, -0.2) is 82.2 Å². The Kier molecular flexibility index (Phi) is 9.36.